The topological polar surface area (TPSA) is 170 Å². The van der Waals surface area contributed by atoms with Crippen molar-refractivity contribution in [2.45, 2.75) is 18.2 Å². The van der Waals surface area contributed by atoms with E-state index < -0.39 is 16.7 Å². The number of rotatable bonds is 13. The Morgan fingerprint density at radius 3 is 2.40 bits per heavy atom. The lowest BCUT2D eigenvalue weighted by atomic mass is 10.1. The van der Waals surface area contributed by atoms with Crippen molar-refractivity contribution in [3.63, 3.8) is 0 Å². The molecule has 3 N–H and O–H groups in total. The number of aromatic nitrogens is 1. The Kier molecular flexibility index (Phi) is 11.5. The molecule has 1 aromatic heterocycles. The van der Waals surface area contributed by atoms with Crippen molar-refractivity contribution in [2.75, 3.05) is 23.0 Å². The number of nitrogens with zero attached hydrogens (tertiary/aromatic N) is 2. The quantitative estimate of drug-likeness (QED) is 0.0574. The molecular weight excluding hydrogens is 619 g/mol. The van der Waals surface area contributed by atoms with E-state index in [-0.39, 0.29) is 47.6 Å². The maximum absolute atomic E-state index is 13.3. The summed E-state index contributed by atoms with van der Waals surface area (Å²) in [6, 6.07) is 20.8. The van der Waals surface area contributed by atoms with E-state index in [9.17, 15) is 29.3 Å². The van der Waals surface area contributed by atoms with Gasteiger partial charge >= 0.3 is 5.97 Å². The first kappa shape index (κ1) is 32.6. The molecule has 0 atom stereocenters. The molecule has 4 rings (SSSR count). The molecule has 0 aliphatic rings. The molecule has 3 amide bonds. The van der Waals surface area contributed by atoms with E-state index >= 15 is 0 Å². The van der Waals surface area contributed by atoms with E-state index in [1.54, 1.807) is 73.0 Å². The lowest BCUT2D eigenvalue weighted by molar-refractivity contribution is -0.385. The Morgan fingerprint density at radius 2 is 1.69 bits per heavy atom. The lowest BCUT2D eigenvalue weighted by Crippen LogP contribution is -2.30. The number of esters is 1. The minimum absolute atomic E-state index is 0.0285. The van der Waals surface area contributed by atoms with Crippen LogP contribution >= 0.6 is 23.1 Å². The molecular formula is C31H27N5O7S2. The van der Waals surface area contributed by atoms with Crippen LogP contribution in [0.5, 0.6) is 0 Å². The average molecular weight is 646 g/mol. The molecule has 4 aromatic rings. The fourth-order valence-electron chi connectivity index (χ4n) is 3.82. The van der Waals surface area contributed by atoms with Crippen molar-refractivity contribution in [1.29, 1.82) is 0 Å². The third-order valence-electron chi connectivity index (χ3n) is 5.87. The Morgan fingerprint density at radius 1 is 0.978 bits per heavy atom. The van der Waals surface area contributed by atoms with Gasteiger partial charge in [-0.3, -0.25) is 29.3 Å². The molecule has 0 unspecified atom stereocenters. The van der Waals surface area contributed by atoms with Gasteiger partial charge in [-0.2, -0.15) is 0 Å². The number of nitrogens with one attached hydrogen (secondary N) is 3. The summed E-state index contributed by atoms with van der Waals surface area (Å²) in [4.78, 5) is 66.1. The predicted octanol–water partition coefficient (Wildman–Crippen LogP) is 5.30. The van der Waals surface area contributed by atoms with E-state index in [0.717, 1.165) is 4.90 Å². The van der Waals surface area contributed by atoms with Gasteiger partial charge in [0.15, 0.2) is 5.13 Å². The number of thioether (sulfide) groups is 1. The van der Waals surface area contributed by atoms with Crippen molar-refractivity contribution >= 4 is 69.4 Å². The maximum atomic E-state index is 13.3. The van der Waals surface area contributed by atoms with Crippen LogP contribution in [-0.4, -0.2) is 46.0 Å². The molecule has 0 spiro atoms. The van der Waals surface area contributed by atoms with Crippen LogP contribution in [0.3, 0.4) is 0 Å². The summed E-state index contributed by atoms with van der Waals surface area (Å²) in [5.41, 5.74) is 0.928. The van der Waals surface area contributed by atoms with Crippen molar-refractivity contribution in [3.05, 3.63) is 117 Å². The van der Waals surface area contributed by atoms with Gasteiger partial charge < -0.3 is 20.7 Å². The van der Waals surface area contributed by atoms with Gasteiger partial charge in [0.2, 0.25) is 5.91 Å². The van der Waals surface area contributed by atoms with E-state index in [1.807, 2.05) is 0 Å². The summed E-state index contributed by atoms with van der Waals surface area (Å²) in [7, 11) is 0. The molecule has 1 heterocycles. The zero-order valence-electron chi connectivity index (χ0n) is 23.9. The summed E-state index contributed by atoms with van der Waals surface area (Å²) in [6.07, 6.45) is 1.28. The highest BCUT2D eigenvalue weighted by Crippen LogP contribution is 2.24. The number of anilines is 2. The maximum Gasteiger partial charge on any atom is 0.311 e. The monoisotopic (exact) mass is 645 g/mol. The smallest absolute Gasteiger partial charge is 0.311 e. The zero-order valence-corrected chi connectivity index (χ0v) is 25.5. The number of thiazole rings is 1. The normalized spacial score (nSPS) is 10.9. The van der Waals surface area contributed by atoms with Crippen LogP contribution in [0.1, 0.15) is 28.5 Å². The third kappa shape index (κ3) is 9.84. The Bertz CT molecular complexity index is 1720. The standard InChI is InChI=1S/C31H27N5O7S2/c1-2-43-28(38)17-23-18-45-31(33-23)35-27(37)19-44-24-14-12-22(13-15-24)32-30(40)25(34-29(39)20-8-4-3-5-9-20)16-21-10-6-7-11-26(21)36(41)42/h3-16,18H,2,17,19H2,1H3,(H,32,40)(H,34,39)(H,33,35,37)/b25-16-. The highest BCUT2D eigenvalue weighted by Gasteiger charge is 2.18. The van der Waals surface area contributed by atoms with Crippen LogP contribution < -0.4 is 16.0 Å². The van der Waals surface area contributed by atoms with Gasteiger partial charge in [0, 0.05) is 27.6 Å². The van der Waals surface area contributed by atoms with Gasteiger partial charge in [-0.15, -0.1) is 23.1 Å². The Balaban J connectivity index is 1.39. The van der Waals surface area contributed by atoms with Gasteiger partial charge in [-0.25, -0.2) is 4.98 Å². The van der Waals surface area contributed by atoms with Gasteiger partial charge in [-0.1, -0.05) is 30.3 Å². The summed E-state index contributed by atoms with van der Waals surface area (Å²) in [5.74, 6) is -1.84. The second-order valence-corrected chi connectivity index (χ2v) is 11.0. The molecule has 12 nitrogen and oxygen atoms in total. The fraction of sp³-hybridized carbons (Fsp3) is 0.129. The van der Waals surface area contributed by atoms with Crippen molar-refractivity contribution in [2.24, 2.45) is 0 Å². The van der Waals surface area contributed by atoms with E-state index in [0.29, 0.717) is 22.1 Å². The van der Waals surface area contributed by atoms with E-state index in [2.05, 4.69) is 20.9 Å². The highest BCUT2D eigenvalue weighted by atomic mass is 32.2. The SMILES string of the molecule is CCOC(=O)Cc1csc(NC(=O)CSc2ccc(NC(=O)/C(=C/c3ccccc3[N+](=O)[O-])NC(=O)c3ccccc3)cc2)n1. The molecule has 45 heavy (non-hydrogen) atoms. The van der Waals surface area contributed by atoms with Crippen LogP contribution in [0.4, 0.5) is 16.5 Å². The average Bonchev–Trinajstić information content (AvgIpc) is 3.47. The molecule has 0 aliphatic carbocycles. The molecule has 0 fully saturated rings. The molecule has 0 saturated heterocycles. The number of hydrogen-bond acceptors (Lipinski definition) is 10. The summed E-state index contributed by atoms with van der Waals surface area (Å²) >= 11 is 2.47. The van der Waals surface area contributed by atoms with Crippen molar-refractivity contribution < 1.29 is 28.8 Å². The van der Waals surface area contributed by atoms with Crippen LogP contribution in [0.15, 0.2) is 94.8 Å². The Hall–Kier alpha value is -5.34. The number of benzene rings is 3. The number of ether oxygens (including phenoxy) is 1. The van der Waals surface area contributed by atoms with E-state index in [1.165, 1.54) is 47.4 Å². The van der Waals surface area contributed by atoms with Crippen molar-refractivity contribution in [1.82, 2.24) is 10.3 Å². The van der Waals surface area contributed by atoms with Gasteiger partial charge in [-0.05, 0) is 55.5 Å². The minimum atomic E-state index is -0.692. The lowest BCUT2D eigenvalue weighted by Gasteiger charge is -2.12. The van der Waals surface area contributed by atoms with Crippen LogP contribution in [0.2, 0.25) is 0 Å². The number of carbonyl (C=O) groups excluding carboxylic acids is 4. The van der Waals surface area contributed by atoms with Crippen LogP contribution in [0, 0.1) is 10.1 Å². The zero-order chi connectivity index (χ0) is 32.2. The van der Waals surface area contributed by atoms with Gasteiger partial charge in [0.25, 0.3) is 17.5 Å². The molecule has 3 aromatic carbocycles. The van der Waals surface area contributed by atoms with Crippen LogP contribution in [-0.2, 0) is 25.5 Å². The van der Waals surface area contributed by atoms with Gasteiger partial charge in [0.05, 0.1) is 35.0 Å². The second-order valence-electron chi connectivity index (χ2n) is 9.14. The fourth-order valence-corrected chi connectivity index (χ4v) is 5.24. The summed E-state index contributed by atoms with van der Waals surface area (Å²) < 4.78 is 4.90. The highest BCUT2D eigenvalue weighted by molar-refractivity contribution is 8.00. The first-order valence-corrected chi connectivity index (χ1v) is 15.3. The summed E-state index contributed by atoms with van der Waals surface area (Å²) in [5, 5.41) is 21.5. The number of hydrogen-bond donors (Lipinski definition) is 3. The molecule has 0 aliphatic heterocycles. The second kappa shape index (κ2) is 15.9. The number of amides is 3. The number of nitro benzene ring substituents is 1. The van der Waals surface area contributed by atoms with Crippen LogP contribution in [0.25, 0.3) is 6.08 Å². The number of nitro groups is 1. The molecule has 0 saturated carbocycles. The van der Waals surface area contributed by atoms with Gasteiger partial charge in [0.1, 0.15) is 5.70 Å². The molecule has 230 valence electrons. The van der Waals surface area contributed by atoms with Crippen molar-refractivity contribution in [3.8, 4) is 0 Å². The number of carbonyl (C=O) groups is 4. The van der Waals surface area contributed by atoms with E-state index in [4.69, 9.17) is 4.74 Å². The summed E-state index contributed by atoms with van der Waals surface area (Å²) in [6.45, 7) is 2.00. The molecule has 0 radical (unpaired) electrons. The largest absolute Gasteiger partial charge is 0.466 e. The Labute approximate surface area is 266 Å². The first-order chi connectivity index (χ1) is 21.7. The predicted molar refractivity (Wildman–Crippen MR) is 172 cm³/mol. The molecule has 14 heteroatoms. The molecule has 0 bridgehead atoms. The third-order valence-corrected chi connectivity index (χ3v) is 7.69. The minimum Gasteiger partial charge on any atom is -0.466 e. The number of para-hydroxylation sites is 1. The first-order valence-electron chi connectivity index (χ1n) is 13.5.